The van der Waals surface area contributed by atoms with Crippen LogP contribution in [0.2, 0.25) is 0 Å². The Morgan fingerprint density at radius 3 is 2.94 bits per heavy atom. The first-order chi connectivity index (χ1) is 8.65. The monoisotopic (exact) mass is 243 g/mol. The van der Waals surface area contributed by atoms with Crippen LogP contribution in [0.3, 0.4) is 0 Å². The van der Waals surface area contributed by atoms with Gasteiger partial charge in [0.25, 0.3) is 0 Å². The summed E-state index contributed by atoms with van der Waals surface area (Å²) in [5, 5.41) is 3.89. The SMILES string of the molecule is Cc1ccc2c(c1)C(=O)Cc1c(C)noc1CO2. The Hall–Kier alpha value is -2.10. The van der Waals surface area contributed by atoms with E-state index in [-0.39, 0.29) is 5.78 Å². The van der Waals surface area contributed by atoms with Crippen LogP contribution in [0.15, 0.2) is 22.7 Å². The van der Waals surface area contributed by atoms with E-state index in [2.05, 4.69) is 5.16 Å². The van der Waals surface area contributed by atoms with Crippen molar-refractivity contribution in [2.24, 2.45) is 0 Å². The molecular formula is C14H13NO3. The number of nitrogens with zero attached hydrogens (tertiary/aromatic N) is 1. The smallest absolute Gasteiger partial charge is 0.178 e. The predicted molar refractivity (Wildman–Crippen MR) is 64.8 cm³/mol. The Morgan fingerprint density at radius 1 is 1.28 bits per heavy atom. The molecule has 0 N–H and O–H groups in total. The molecule has 18 heavy (non-hydrogen) atoms. The number of fused-ring (bicyclic) bond motifs is 2. The summed E-state index contributed by atoms with van der Waals surface area (Å²) in [5.41, 5.74) is 3.31. The van der Waals surface area contributed by atoms with Gasteiger partial charge in [0, 0.05) is 12.0 Å². The molecule has 0 amide bonds. The maximum absolute atomic E-state index is 12.3. The fourth-order valence-electron chi connectivity index (χ4n) is 2.16. The summed E-state index contributed by atoms with van der Waals surface area (Å²) in [5.74, 6) is 1.30. The number of rotatable bonds is 0. The molecule has 4 nitrogen and oxygen atoms in total. The Kier molecular flexibility index (Phi) is 2.44. The van der Waals surface area contributed by atoms with Crippen LogP contribution in [0.25, 0.3) is 0 Å². The molecule has 92 valence electrons. The average molecular weight is 243 g/mol. The lowest BCUT2D eigenvalue weighted by molar-refractivity contribution is 0.0982. The van der Waals surface area contributed by atoms with Crippen molar-refractivity contribution in [2.45, 2.75) is 26.9 Å². The van der Waals surface area contributed by atoms with Gasteiger partial charge in [-0.05, 0) is 26.0 Å². The Balaban J connectivity index is 2.08. The maximum atomic E-state index is 12.3. The van der Waals surface area contributed by atoms with E-state index in [0.29, 0.717) is 30.1 Å². The summed E-state index contributed by atoms with van der Waals surface area (Å²) in [7, 11) is 0. The molecule has 1 aromatic heterocycles. The zero-order valence-corrected chi connectivity index (χ0v) is 10.3. The van der Waals surface area contributed by atoms with Crippen LogP contribution in [0.5, 0.6) is 5.75 Å². The number of aromatic nitrogens is 1. The van der Waals surface area contributed by atoms with Gasteiger partial charge in [0.1, 0.15) is 12.4 Å². The van der Waals surface area contributed by atoms with E-state index < -0.39 is 0 Å². The third-order valence-electron chi connectivity index (χ3n) is 3.20. The van der Waals surface area contributed by atoms with Crippen molar-refractivity contribution >= 4 is 5.78 Å². The molecule has 0 fully saturated rings. The number of Topliss-reactive ketones (excluding diaryl/α,β-unsaturated/α-hetero) is 1. The molecule has 0 saturated heterocycles. The van der Waals surface area contributed by atoms with Gasteiger partial charge >= 0.3 is 0 Å². The molecule has 0 atom stereocenters. The molecule has 0 aliphatic carbocycles. The van der Waals surface area contributed by atoms with Gasteiger partial charge in [-0.25, -0.2) is 0 Å². The van der Waals surface area contributed by atoms with Gasteiger partial charge < -0.3 is 9.26 Å². The minimum atomic E-state index is 0.0425. The second-order valence-corrected chi connectivity index (χ2v) is 4.56. The average Bonchev–Trinajstić information content (AvgIpc) is 2.67. The van der Waals surface area contributed by atoms with Crippen LogP contribution in [0.4, 0.5) is 0 Å². The van der Waals surface area contributed by atoms with Crippen molar-refractivity contribution in [2.75, 3.05) is 0 Å². The summed E-state index contributed by atoms with van der Waals surface area (Å²) < 4.78 is 10.8. The summed E-state index contributed by atoms with van der Waals surface area (Å²) in [4.78, 5) is 12.3. The normalized spacial score (nSPS) is 14.2. The van der Waals surface area contributed by atoms with Crippen LogP contribution < -0.4 is 4.74 Å². The summed E-state index contributed by atoms with van der Waals surface area (Å²) in [6, 6.07) is 5.63. The van der Waals surface area contributed by atoms with E-state index in [1.165, 1.54) is 0 Å². The van der Waals surface area contributed by atoms with Crippen molar-refractivity contribution in [3.8, 4) is 5.75 Å². The van der Waals surface area contributed by atoms with Gasteiger partial charge in [-0.2, -0.15) is 0 Å². The molecule has 2 aromatic rings. The number of benzene rings is 1. The number of ether oxygens (including phenoxy) is 1. The Labute approximate surface area is 105 Å². The molecule has 0 unspecified atom stereocenters. The van der Waals surface area contributed by atoms with Crippen molar-refractivity contribution in [3.05, 3.63) is 46.3 Å². The third-order valence-corrected chi connectivity index (χ3v) is 3.20. The maximum Gasteiger partial charge on any atom is 0.178 e. The summed E-state index contributed by atoms with van der Waals surface area (Å²) in [6.07, 6.45) is 0.324. The van der Waals surface area contributed by atoms with Gasteiger partial charge in [-0.15, -0.1) is 0 Å². The number of hydrogen-bond donors (Lipinski definition) is 0. The number of hydrogen-bond acceptors (Lipinski definition) is 4. The lowest BCUT2D eigenvalue weighted by atomic mass is 9.98. The van der Waals surface area contributed by atoms with Gasteiger partial charge in [0.05, 0.1) is 11.3 Å². The van der Waals surface area contributed by atoms with Gasteiger partial charge in [-0.1, -0.05) is 16.8 Å². The molecule has 1 aliphatic heterocycles. The fraction of sp³-hybridized carbons (Fsp3) is 0.286. The molecular weight excluding hydrogens is 230 g/mol. The minimum absolute atomic E-state index is 0.0425. The molecule has 2 heterocycles. The number of aryl methyl sites for hydroxylation is 2. The standard InChI is InChI=1S/C14H13NO3/c1-8-3-4-13-11(5-8)12(16)6-10-9(2)15-18-14(10)7-17-13/h3-5H,6-7H2,1-2H3. The summed E-state index contributed by atoms with van der Waals surface area (Å²) in [6.45, 7) is 4.12. The minimum Gasteiger partial charge on any atom is -0.485 e. The lowest BCUT2D eigenvalue weighted by Gasteiger charge is -2.14. The van der Waals surface area contributed by atoms with Gasteiger partial charge in [0.2, 0.25) is 0 Å². The number of ketones is 1. The number of carbonyl (C=O) groups is 1. The molecule has 0 bridgehead atoms. The van der Waals surface area contributed by atoms with Crippen molar-refractivity contribution in [3.63, 3.8) is 0 Å². The quantitative estimate of drug-likeness (QED) is 0.713. The molecule has 1 aliphatic rings. The van der Waals surface area contributed by atoms with Gasteiger partial charge in [-0.3, -0.25) is 4.79 Å². The van der Waals surface area contributed by atoms with E-state index >= 15 is 0 Å². The predicted octanol–water partition coefficient (Wildman–Crippen LogP) is 2.61. The first-order valence-electron chi connectivity index (χ1n) is 5.86. The molecule has 1 aromatic carbocycles. The zero-order chi connectivity index (χ0) is 12.7. The largest absolute Gasteiger partial charge is 0.485 e. The molecule has 3 rings (SSSR count). The van der Waals surface area contributed by atoms with Crippen molar-refractivity contribution in [1.29, 1.82) is 0 Å². The van der Waals surface area contributed by atoms with Crippen LogP contribution in [-0.4, -0.2) is 10.9 Å². The highest BCUT2D eigenvalue weighted by Gasteiger charge is 2.23. The van der Waals surface area contributed by atoms with E-state index in [4.69, 9.17) is 9.26 Å². The highest BCUT2D eigenvalue weighted by Crippen LogP contribution is 2.27. The highest BCUT2D eigenvalue weighted by atomic mass is 16.5. The van der Waals surface area contributed by atoms with Crippen molar-refractivity contribution in [1.82, 2.24) is 5.16 Å². The van der Waals surface area contributed by atoms with E-state index in [9.17, 15) is 4.79 Å². The fourth-order valence-corrected chi connectivity index (χ4v) is 2.16. The van der Waals surface area contributed by atoms with E-state index in [1.807, 2.05) is 32.0 Å². The van der Waals surface area contributed by atoms with Crippen molar-refractivity contribution < 1.29 is 14.1 Å². The Bertz CT molecular complexity index is 628. The second-order valence-electron chi connectivity index (χ2n) is 4.56. The van der Waals surface area contributed by atoms with Crippen LogP contribution in [-0.2, 0) is 13.0 Å². The topological polar surface area (TPSA) is 52.3 Å². The van der Waals surface area contributed by atoms with Crippen LogP contribution in [0.1, 0.15) is 32.9 Å². The lowest BCUT2D eigenvalue weighted by Crippen LogP contribution is -2.13. The number of carbonyl (C=O) groups excluding carboxylic acids is 1. The van der Waals surface area contributed by atoms with Crippen LogP contribution >= 0.6 is 0 Å². The van der Waals surface area contributed by atoms with Crippen LogP contribution in [0, 0.1) is 13.8 Å². The zero-order valence-electron chi connectivity index (χ0n) is 10.3. The third kappa shape index (κ3) is 1.70. The van der Waals surface area contributed by atoms with Gasteiger partial charge in [0.15, 0.2) is 11.5 Å². The molecule has 0 spiro atoms. The Morgan fingerprint density at radius 2 is 2.11 bits per heavy atom. The molecule has 0 radical (unpaired) electrons. The molecule has 4 heteroatoms. The first kappa shape index (κ1) is 11.0. The molecule has 0 saturated carbocycles. The highest BCUT2D eigenvalue weighted by molar-refractivity contribution is 6.00. The van der Waals surface area contributed by atoms with E-state index in [1.54, 1.807) is 0 Å². The second kappa shape index (κ2) is 3.98. The summed E-state index contributed by atoms with van der Waals surface area (Å²) >= 11 is 0. The first-order valence-corrected chi connectivity index (χ1v) is 5.86. The van der Waals surface area contributed by atoms with E-state index in [0.717, 1.165) is 16.8 Å².